The molecule has 15 heavy (non-hydrogen) atoms. The summed E-state index contributed by atoms with van der Waals surface area (Å²) in [5, 5.41) is 0. The number of carbonyl (C=O) groups is 2. The SMILES string of the molecule is CCC1CCC(CC)N(C(=O)C(N)=O)C1. The van der Waals surface area contributed by atoms with Crippen molar-refractivity contribution < 1.29 is 9.59 Å². The van der Waals surface area contributed by atoms with Gasteiger partial charge in [0.05, 0.1) is 0 Å². The van der Waals surface area contributed by atoms with E-state index in [9.17, 15) is 9.59 Å². The monoisotopic (exact) mass is 212 g/mol. The second-order valence-corrected chi connectivity index (χ2v) is 4.24. The fraction of sp³-hybridized carbons (Fsp3) is 0.818. The van der Waals surface area contributed by atoms with Crippen LogP contribution in [0.5, 0.6) is 0 Å². The van der Waals surface area contributed by atoms with Crippen molar-refractivity contribution in [2.45, 2.75) is 45.6 Å². The zero-order valence-electron chi connectivity index (χ0n) is 9.53. The Morgan fingerprint density at radius 3 is 2.40 bits per heavy atom. The third-order valence-electron chi connectivity index (χ3n) is 3.32. The average molecular weight is 212 g/mol. The molecule has 4 heteroatoms. The molecule has 86 valence electrons. The molecule has 1 saturated heterocycles. The summed E-state index contributed by atoms with van der Waals surface area (Å²) in [5.74, 6) is -0.818. The van der Waals surface area contributed by atoms with E-state index in [1.54, 1.807) is 4.90 Å². The molecule has 0 aromatic rings. The minimum Gasteiger partial charge on any atom is -0.361 e. The third-order valence-corrected chi connectivity index (χ3v) is 3.32. The van der Waals surface area contributed by atoms with Crippen molar-refractivity contribution in [3.63, 3.8) is 0 Å². The molecule has 0 saturated carbocycles. The topological polar surface area (TPSA) is 63.4 Å². The number of carbonyl (C=O) groups excluding carboxylic acids is 2. The van der Waals surface area contributed by atoms with E-state index in [1.165, 1.54) is 0 Å². The Kier molecular flexibility index (Phi) is 4.12. The molecule has 0 aliphatic carbocycles. The van der Waals surface area contributed by atoms with Crippen LogP contribution in [0.4, 0.5) is 0 Å². The van der Waals surface area contributed by atoms with Gasteiger partial charge in [-0.25, -0.2) is 0 Å². The van der Waals surface area contributed by atoms with Crippen molar-refractivity contribution in [2.75, 3.05) is 6.54 Å². The maximum absolute atomic E-state index is 11.6. The maximum atomic E-state index is 11.6. The smallest absolute Gasteiger partial charge is 0.311 e. The molecule has 1 aliphatic heterocycles. The first kappa shape index (κ1) is 12.0. The normalized spacial score (nSPS) is 26.4. The van der Waals surface area contributed by atoms with Crippen LogP contribution >= 0.6 is 0 Å². The molecule has 2 unspecified atom stereocenters. The Morgan fingerprint density at radius 2 is 1.93 bits per heavy atom. The van der Waals surface area contributed by atoms with Crippen LogP contribution in [-0.2, 0) is 9.59 Å². The highest BCUT2D eigenvalue weighted by Crippen LogP contribution is 2.25. The molecule has 1 aliphatic rings. The Balaban J connectivity index is 2.71. The molecular formula is C11H20N2O2. The van der Waals surface area contributed by atoms with Crippen LogP contribution in [-0.4, -0.2) is 29.3 Å². The van der Waals surface area contributed by atoms with Crippen LogP contribution < -0.4 is 5.73 Å². The molecule has 2 amide bonds. The summed E-state index contributed by atoms with van der Waals surface area (Å²) in [5.41, 5.74) is 5.04. The Hall–Kier alpha value is -1.06. The Bertz CT molecular complexity index is 253. The number of amides is 2. The van der Waals surface area contributed by atoms with Gasteiger partial charge in [-0.1, -0.05) is 20.3 Å². The molecule has 2 N–H and O–H groups in total. The van der Waals surface area contributed by atoms with Gasteiger partial charge < -0.3 is 10.6 Å². The molecule has 1 rings (SSSR count). The van der Waals surface area contributed by atoms with Gasteiger partial charge in [0, 0.05) is 12.6 Å². The fourth-order valence-electron chi connectivity index (χ4n) is 2.25. The minimum absolute atomic E-state index is 0.202. The van der Waals surface area contributed by atoms with Gasteiger partial charge in [0.1, 0.15) is 0 Å². The molecule has 1 fully saturated rings. The van der Waals surface area contributed by atoms with Crippen molar-refractivity contribution in [3.05, 3.63) is 0 Å². The second kappa shape index (κ2) is 5.14. The van der Waals surface area contributed by atoms with Crippen molar-refractivity contribution in [1.29, 1.82) is 0 Å². The summed E-state index contributed by atoms with van der Waals surface area (Å²) in [6.45, 7) is 4.85. The summed E-state index contributed by atoms with van der Waals surface area (Å²) in [6, 6.07) is 0.202. The van der Waals surface area contributed by atoms with E-state index in [0.29, 0.717) is 12.5 Å². The van der Waals surface area contributed by atoms with Crippen LogP contribution in [0.15, 0.2) is 0 Å². The second-order valence-electron chi connectivity index (χ2n) is 4.24. The molecule has 1 heterocycles. The van der Waals surface area contributed by atoms with E-state index in [0.717, 1.165) is 25.7 Å². The highest BCUT2D eigenvalue weighted by molar-refractivity contribution is 6.34. The number of nitrogens with two attached hydrogens (primary N) is 1. The molecule has 2 atom stereocenters. The predicted octanol–water partition coefficient (Wildman–Crippen LogP) is 0.899. The van der Waals surface area contributed by atoms with Gasteiger partial charge in [-0.15, -0.1) is 0 Å². The molecule has 0 bridgehead atoms. The molecule has 4 nitrogen and oxygen atoms in total. The highest BCUT2D eigenvalue weighted by atomic mass is 16.2. The lowest BCUT2D eigenvalue weighted by molar-refractivity contribution is -0.147. The zero-order valence-corrected chi connectivity index (χ0v) is 9.53. The van der Waals surface area contributed by atoms with Crippen molar-refractivity contribution in [3.8, 4) is 0 Å². The first-order valence-electron chi connectivity index (χ1n) is 5.70. The number of primary amides is 1. The number of nitrogens with zero attached hydrogens (tertiary/aromatic N) is 1. The van der Waals surface area contributed by atoms with Gasteiger partial charge in [-0.3, -0.25) is 9.59 Å². The maximum Gasteiger partial charge on any atom is 0.311 e. The van der Waals surface area contributed by atoms with Gasteiger partial charge in [0.2, 0.25) is 0 Å². The number of likely N-dealkylation sites (tertiary alicyclic amines) is 1. The third kappa shape index (κ3) is 2.70. The van der Waals surface area contributed by atoms with Gasteiger partial charge in [-0.2, -0.15) is 0 Å². The van der Waals surface area contributed by atoms with Crippen LogP contribution in [0.1, 0.15) is 39.5 Å². The quantitative estimate of drug-likeness (QED) is 0.691. The first-order valence-corrected chi connectivity index (χ1v) is 5.70. The largest absolute Gasteiger partial charge is 0.361 e. The van der Waals surface area contributed by atoms with E-state index in [2.05, 4.69) is 6.92 Å². The van der Waals surface area contributed by atoms with Crippen LogP contribution in [0.3, 0.4) is 0 Å². The average Bonchev–Trinajstić information content (AvgIpc) is 2.27. The Labute approximate surface area is 90.8 Å². The minimum atomic E-state index is -0.829. The van der Waals surface area contributed by atoms with E-state index >= 15 is 0 Å². The van der Waals surface area contributed by atoms with E-state index in [4.69, 9.17) is 5.73 Å². The van der Waals surface area contributed by atoms with Crippen molar-refractivity contribution in [1.82, 2.24) is 4.90 Å². The lowest BCUT2D eigenvalue weighted by atomic mass is 9.90. The van der Waals surface area contributed by atoms with Crippen LogP contribution in [0, 0.1) is 5.92 Å². The summed E-state index contributed by atoms with van der Waals surface area (Å²) >= 11 is 0. The highest BCUT2D eigenvalue weighted by Gasteiger charge is 2.31. The van der Waals surface area contributed by atoms with Crippen LogP contribution in [0.2, 0.25) is 0 Å². The number of hydrogen-bond acceptors (Lipinski definition) is 2. The van der Waals surface area contributed by atoms with E-state index in [-0.39, 0.29) is 6.04 Å². The van der Waals surface area contributed by atoms with Gasteiger partial charge >= 0.3 is 11.8 Å². The molecule has 0 aromatic heterocycles. The van der Waals surface area contributed by atoms with Crippen molar-refractivity contribution in [2.24, 2.45) is 11.7 Å². The standard InChI is InChI=1S/C11H20N2O2/c1-3-8-5-6-9(4-2)13(7-8)11(15)10(12)14/h8-9H,3-7H2,1-2H3,(H2,12,14). The van der Waals surface area contributed by atoms with Gasteiger partial charge in [0.25, 0.3) is 0 Å². The molecule has 0 spiro atoms. The number of piperidine rings is 1. The van der Waals surface area contributed by atoms with Gasteiger partial charge in [0.15, 0.2) is 0 Å². The molecule has 0 radical (unpaired) electrons. The molecule has 0 aromatic carbocycles. The lowest BCUT2D eigenvalue weighted by Gasteiger charge is -2.38. The Morgan fingerprint density at radius 1 is 1.27 bits per heavy atom. The number of rotatable bonds is 2. The van der Waals surface area contributed by atoms with E-state index < -0.39 is 11.8 Å². The summed E-state index contributed by atoms with van der Waals surface area (Å²) in [4.78, 5) is 24.1. The number of hydrogen-bond donors (Lipinski definition) is 1. The zero-order chi connectivity index (χ0) is 11.4. The lowest BCUT2D eigenvalue weighted by Crippen LogP contribution is -2.50. The molecular weight excluding hydrogens is 192 g/mol. The van der Waals surface area contributed by atoms with Gasteiger partial charge in [-0.05, 0) is 25.2 Å². The van der Waals surface area contributed by atoms with Crippen LogP contribution in [0.25, 0.3) is 0 Å². The summed E-state index contributed by atoms with van der Waals surface area (Å²) < 4.78 is 0. The fourth-order valence-corrected chi connectivity index (χ4v) is 2.25. The van der Waals surface area contributed by atoms with E-state index in [1.807, 2.05) is 6.92 Å². The summed E-state index contributed by atoms with van der Waals surface area (Å²) in [7, 11) is 0. The first-order chi connectivity index (χ1) is 7.10. The van der Waals surface area contributed by atoms with Crippen molar-refractivity contribution >= 4 is 11.8 Å². The predicted molar refractivity (Wildman–Crippen MR) is 58.0 cm³/mol. The summed E-state index contributed by atoms with van der Waals surface area (Å²) in [6.07, 6.45) is 4.10.